The highest BCUT2D eigenvalue weighted by molar-refractivity contribution is 7.80. The van der Waals surface area contributed by atoms with Crippen molar-refractivity contribution >= 4 is 46.3 Å². The molecule has 0 bridgehead atoms. The lowest BCUT2D eigenvalue weighted by atomic mass is 9.84. The molecule has 0 amide bonds. The van der Waals surface area contributed by atoms with E-state index >= 15 is 0 Å². The van der Waals surface area contributed by atoms with Gasteiger partial charge in [-0.2, -0.15) is 0 Å². The van der Waals surface area contributed by atoms with Crippen molar-refractivity contribution in [1.82, 2.24) is 10.2 Å². The zero-order chi connectivity index (χ0) is 16.6. The molecule has 0 aromatic heterocycles. The van der Waals surface area contributed by atoms with E-state index in [0.717, 1.165) is 42.6 Å². The van der Waals surface area contributed by atoms with Crippen LogP contribution in [-0.4, -0.2) is 22.3 Å². The molecule has 1 aromatic carbocycles. The van der Waals surface area contributed by atoms with Gasteiger partial charge in [0.25, 0.3) is 0 Å². The highest BCUT2D eigenvalue weighted by Crippen LogP contribution is 2.39. The molecule has 1 aromatic rings. The normalized spacial score (nSPS) is 21.3. The number of carbonyl (C=O) groups excluding carboxylic acids is 1. The first-order valence-electron chi connectivity index (χ1n) is 7.82. The summed E-state index contributed by atoms with van der Waals surface area (Å²) in [6.45, 7) is 2.93. The van der Waals surface area contributed by atoms with Crippen LogP contribution in [0.2, 0.25) is 10.0 Å². The fourth-order valence-corrected chi connectivity index (χ4v) is 4.12. The zero-order valence-corrected chi connectivity index (χ0v) is 15.2. The number of ketones is 1. The monoisotopic (exact) mass is 368 g/mol. The minimum atomic E-state index is -0.289. The topological polar surface area (TPSA) is 32.3 Å². The third kappa shape index (κ3) is 3.12. The van der Waals surface area contributed by atoms with Gasteiger partial charge in [0, 0.05) is 34.3 Å². The van der Waals surface area contributed by atoms with Gasteiger partial charge < -0.3 is 10.2 Å². The highest BCUT2D eigenvalue weighted by atomic mass is 35.5. The van der Waals surface area contributed by atoms with Crippen LogP contribution in [-0.2, 0) is 4.79 Å². The lowest BCUT2D eigenvalue weighted by Gasteiger charge is -2.41. The Morgan fingerprint density at radius 1 is 1.35 bits per heavy atom. The lowest BCUT2D eigenvalue weighted by molar-refractivity contribution is -0.116. The summed E-state index contributed by atoms with van der Waals surface area (Å²) in [4.78, 5) is 14.7. The Hall–Kier alpha value is -1.10. The van der Waals surface area contributed by atoms with Crippen LogP contribution in [0.5, 0.6) is 0 Å². The third-order valence-electron chi connectivity index (χ3n) is 4.28. The Morgan fingerprint density at radius 2 is 2.13 bits per heavy atom. The molecule has 122 valence electrons. The molecule has 0 saturated heterocycles. The van der Waals surface area contributed by atoms with Crippen LogP contribution in [0, 0.1) is 0 Å². The molecule has 6 heteroatoms. The Balaban J connectivity index is 2.11. The summed E-state index contributed by atoms with van der Waals surface area (Å²) in [5, 5.41) is 5.10. The molecule has 0 spiro atoms. The number of benzene rings is 1. The molecule has 1 aliphatic carbocycles. The number of allylic oxidation sites excluding steroid dienone is 1. The Labute approximate surface area is 151 Å². The summed E-state index contributed by atoms with van der Waals surface area (Å²) < 4.78 is 0. The van der Waals surface area contributed by atoms with Crippen LogP contribution in [0.1, 0.15) is 44.2 Å². The van der Waals surface area contributed by atoms with Crippen molar-refractivity contribution in [1.29, 1.82) is 0 Å². The van der Waals surface area contributed by atoms with Crippen LogP contribution < -0.4 is 5.32 Å². The van der Waals surface area contributed by atoms with Crippen LogP contribution in [0.3, 0.4) is 0 Å². The first kappa shape index (κ1) is 16.7. The molecule has 0 radical (unpaired) electrons. The fourth-order valence-electron chi connectivity index (χ4n) is 3.28. The second-order valence-electron chi connectivity index (χ2n) is 5.84. The van der Waals surface area contributed by atoms with E-state index in [2.05, 4.69) is 17.1 Å². The minimum absolute atomic E-state index is 0.179. The van der Waals surface area contributed by atoms with Crippen LogP contribution in [0.15, 0.2) is 29.5 Å². The predicted octanol–water partition coefficient (Wildman–Crippen LogP) is 4.64. The molecule has 1 N–H and O–H groups in total. The van der Waals surface area contributed by atoms with Crippen molar-refractivity contribution in [3.05, 3.63) is 45.1 Å². The molecular weight excluding hydrogens is 351 g/mol. The summed E-state index contributed by atoms with van der Waals surface area (Å²) in [6.07, 6.45) is 3.31. The number of carbonyl (C=O) groups is 1. The molecule has 23 heavy (non-hydrogen) atoms. The van der Waals surface area contributed by atoms with Gasteiger partial charge in [-0.1, -0.05) is 36.2 Å². The fraction of sp³-hybridized carbons (Fsp3) is 0.412. The highest BCUT2D eigenvalue weighted by Gasteiger charge is 2.37. The summed E-state index contributed by atoms with van der Waals surface area (Å²) in [6, 6.07) is 5.07. The number of thiocarbonyl (C=S) groups is 1. The Morgan fingerprint density at radius 3 is 2.83 bits per heavy atom. The van der Waals surface area contributed by atoms with Crippen LogP contribution >= 0.6 is 35.4 Å². The average Bonchev–Trinajstić information content (AvgIpc) is 2.50. The van der Waals surface area contributed by atoms with E-state index in [1.807, 2.05) is 6.07 Å². The van der Waals surface area contributed by atoms with Gasteiger partial charge in [0.05, 0.1) is 6.04 Å². The molecular formula is C17H18Cl2N2OS. The third-order valence-corrected chi connectivity index (χ3v) is 5.18. The molecule has 1 aliphatic heterocycles. The number of nitrogens with zero attached hydrogens (tertiary/aromatic N) is 1. The van der Waals surface area contributed by atoms with Crippen molar-refractivity contribution in [3.63, 3.8) is 0 Å². The quantitative estimate of drug-likeness (QED) is 0.787. The van der Waals surface area contributed by atoms with Gasteiger partial charge in [0.2, 0.25) is 0 Å². The van der Waals surface area contributed by atoms with E-state index in [1.54, 1.807) is 12.1 Å². The van der Waals surface area contributed by atoms with Gasteiger partial charge in [0.15, 0.2) is 10.9 Å². The molecule has 3 nitrogen and oxygen atoms in total. The minimum Gasteiger partial charge on any atom is -0.351 e. The zero-order valence-electron chi connectivity index (χ0n) is 12.9. The Kier molecular flexibility index (Phi) is 4.95. The second-order valence-corrected chi connectivity index (χ2v) is 7.07. The van der Waals surface area contributed by atoms with Gasteiger partial charge in [0.1, 0.15) is 0 Å². The number of halogens is 2. The number of Topliss-reactive ketones (excluding diaryl/α,β-unsaturated/α-hetero) is 1. The summed E-state index contributed by atoms with van der Waals surface area (Å²) in [5.74, 6) is 0.179. The van der Waals surface area contributed by atoms with E-state index in [0.29, 0.717) is 21.6 Å². The number of hydrogen-bond acceptors (Lipinski definition) is 2. The van der Waals surface area contributed by atoms with E-state index < -0.39 is 0 Å². The average molecular weight is 369 g/mol. The second kappa shape index (κ2) is 6.80. The van der Waals surface area contributed by atoms with Crippen LogP contribution in [0.25, 0.3) is 0 Å². The maximum Gasteiger partial charge on any atom is 0.173 e. The molecule has 1 heterocycles. The number of rotatable bonds is 3. The number of nitrogens with one attached hydrogen (secondary N) is 1. The van der Waals surface area contributed by atoms with Gasteiger partial charge >= 0.3 is 0 Å². The Bertz CT molecular complexity index is 702. The van der Waals surface area contributed by atoms with E-state index in [9.17, 15) is 4.79 Å². The molecule has 3 rings (SSSR count). The van der Waals surface area contributed by atoms with Gasteiger partial charge in [-0.05, 0) is 49.2 Å². The van der Waals surface area contributed by atoms with E-state index in [1.165, 1.54) is 0 Å². The largest absolute Gasteiger partial charge is 0.351 e. The molecule has 2 aliphatic rings. The van der Waals surface area contributed by atoms with Crippen LogP contribution in [0.4, 0.5) is 0 Å². The predicted molar refractivity (Wildman–Crippen MR) is 97.8 cm³/mol. The summed E-state index contributed by atoms with van der Waals surface area (Å²) >= 11 is 17.9. The van der Waals surface area contributed by atoms with E-state index in [-0.39, 0.29) is 11.8 Å². The van der Waals surface area contributed by atoms with Gasteiger partial charge in [-0.25, -0.2) is 0 Å². The van der Waals surface area contributed by atoms with Crippen molar-refractivity contribution in [2.24, 2.45) is 0 Å². The molecule has 1 unspecified atom stereocenters. The lowest BCUT2D eigenvalue weighted by Crippen LogP contribution is -2.49. The molecule has 0 saturated carbocycles. The maximum absolute atomic E-state index is 12.6. The number of hydrogen-bond donors (Lipinski definition) is 1. The SMILES string of the molecule is CCCN1C(=S)NC(c2ccc(Cl)cc2Cl)C2=C1CCCC2=O. The van der Waals surface area contributed by atoms with Crippen molar-refractivity contribution in [3.8, 4) is 0 Å². The van der Waals surface area contributed by atoms with Crippen molar-refractivity contribution in [2.75, 3.05) is 6.54 Å². The maximum atomic E-state index is 12.6. The first-order chi connectivity index (χ1) is 11.0. The summed E-state index contributed by atoms with van der Waals surface area (Å²) in [7, 11) is 0. The van der Waals surface area contributed by atoms with E-state index in [4.69, 9.17) is 35.4 Å². The first-order valence-corrected chi connectivity index (χ1v) is 8.98. The van der Waals surface area contributed by atoms with Gasteiger partial charge in [-0.15, -0.1) is 0 Å². The molecule has 0 fully saturated rings. The summed E-state index contributed by atoms with van der Waals surface area (Å²) in [5.41, 5.74) is 2.71. The van der Waals surface area contributed by atoms with Gasteiger partial charge in [-0.3, -0.25) is 4.79 Å². The molecule has 1 atom stereocenters. The van der Waals surface area contributed by atoms with Crippen molar-refractivity contribution in [2.45, 2.75) is 38.6 Å². The standard InChI is InChI=1S/C17H18Cl2N2OS/c1-2-8-21-13-4-3-5-14(22)15(13)16(20-17(21)23)11-7-6-10(18)9-12(11)19/h6-7,9,16H,2-5,8H2,1H3,(H,20,23). The smallest absolute Gasteiger partial charge is 0.173 e. The van der Waals surface area contributed by atoms with Crippen molar-refractivity contribution < 1.29 is 4.79 Å².